The van der Waals surface area contributed by atoms with Crippen LogP contribution in [0.25, 0.3) is 0 Å². The van der Waals surface area contributed by atoms with Crippen LogP contribution in [0.5, 0.6) is 0 Å². The van der Waals surface area contributed by atoms with Gasteiger partial charge < -0.3 is 16.0 Å². The maximum atomic E-state index is 11.9. The molecule has 1 aromatic heterocycles. The first kappa shape index (κ1) is 16.0. The summed E-state index contributed by atoms with van der Waals surface area (Å²) in [5.41, 5.74) is 6.40. The third-order valence-electron chi connectivity index (χ3n) is 3.91. The van der Waals surface area contributed by atoms with Gasteiger partial charge in [0.15, 0.2) is 0 Å². The highest BCUT2D eigenvalue weighted by Crippen LogP contribution is 2.16. The number of nitrogens with zero attached hydrogens (tertiary/aromatic N) is 1. The molecular weight excluding hydrogens is 286 g/mol. The van der Waals surface area contributed by atoms with Crippen molar-refractivity contribution >= 4 is 23.2 Å². The quantitative estimate of drug-likeness (QED) is 0.779. The third-order valence-corrected chi connectivity index (χ3v) is 4.93. The Labute approximate surface area is 129 Å². The van der Waals surface area contributed by atoms with Crippen LogP contribution in [-0.2, 0) is 4.79 Å². The molecule has 1 fully saturated rings. The number of primary amides is 1. The van der Waals surface area contributed by atoms with Gasteiger partial charge in [-0.3, -0.25) is 9.59 Å². The summed E-state index contributed by atoms with van der Waals surface area (Å²) in [6, 6.07) is 1.96. The topological polar surface area (TPSA) is 75.4 Å². The lowest BCUT2D eigenvalue weighted by Crippen LogP contribution is -2.42. The van der Waals surface area contributed by atoms with Gasteiger partial charge in [-0.25, -0.2) is 0 Å². The standard InChI is InChI=1S/C15H23N3O2S/c1-11-5-9-21-13(11)15(20)17-6-3-8-18-7-2-4-12(10-18)14(16)19/h5,9,12H,2-4,6-8,10H2,1H3,(H2,16,19)(H,17,20). The Morgan fingerprint density at radius 3 is 3.00 bits per heavy atom. The van der Waals surface area contributed by atoms with Crippen molar-refractivity contribution in [3.8, 4) is 0 Å². The molecule has 1 atom stereocenters. The van der Waals surface area contributed by atoms with Gasteiger partial charge in [0, 0.05) is 13.1 Å². The predicted molar refractivity (Wildman–Crippen MR) is 84.4 cm³/mol. The number of piperidine rings is 1. The van der Waals surface area contributed by atoms with Crippen LogP contribution in [0, 0.1) is 12.8 Å². The molecule has 5 nitrogen and oxygen atoms in total. The first-order valence-corrected chi connectivity index (χ1v) is 8.30. The highest BCUT2D eigenvalue weighted by atomic mass is 32.1. The van der Waals surface area contributed by atoms with Gasteiger partial charge in [-0.05, 0) is 56.3 Å². The maximum absolute atomic E-state index is 11.9. The van der Waals surface area contributed by atoms with Gasteiger partial charge in [0.25, 0.3) is 5.91 Å². The van der Waals surface area contributed by atoms with Gasteiger partial charge >= 0.3 is 0 Å². The Morgan fingerprint density at radius 2 is 2.33 bits per heavy atom. The SMILES string of the molecule is Cc1ccsc1C(=O)NCCCN1CCCC(C(N)=O)C1. The van der Waals surface area contributed by atoms with E-state index in [0.717, 1.165) is 49.3 Å². The summed E-state index contributed by atoms with van der Waals surface area (Å²) in [7, 11) is 0. The van der Waals surface area contributed by atoms with E-state index in [4.69, 9.17) is 5.73 Å². The second-order valence-corrected chi connectivity index (χ2v) is 6.50. The number of carbonyl (C=O) groups is 2. The summed E-state index contributed by atoms with van der Waals surface area (Å²) >= 11 is 1.47. The van der Waals surface area contributed by atoms with E-state index in [-0.39, 0.29) is 17.7 Å². The van der Waals surface area contributed by atoms with E-state index < -0.39 is 0 Å². The molecule has 0 saturated carbocycles. The van der Waals surface area contributed by atoms with E-state index in [1.165, 1.54) is 11.3 Å². The lowest BCUT2D eigenvalue weighted by Gasteiger charge is -2.31. The second kappa shape index (κ2) is 7.56. The number of aryl methyl sites for hydroxylation is 1. The van der Waals surface area contributed by atoms with E-state index in [1.54, 1.807) is 0 Å². The molecule has 1 aliphatic heterocycles. The second-order valence-electron chi connectivity index (χ2n) is 5.58. The molecule has 0 bridgehead atoms. The molecule has 2 rings (SSSR count). The van der Waals surface area contributed by atoms with Crippen LogP contribution < -0.4 is 11.1 Å². The van der Waals surface area contributed by atoms with Crippen LogP contribution in [0.4, 0.5) is 0 Å². The zero-order valence-electron chi connectivity index (χ0n) is 12.4. The normalized spacial score (nSPS) is 19.4. The van der Waals surface area contributed by atoms with E-state index in [9.17, 15) is 9.59 Å². The summed E-state index contributed by atoms with van der Waals surface area (Å²) in [6.45, 7) is 5.28. The minimum absolute atomic E-state index is 0.0103. The number of amides is 2. The van der Waals surface area contributed by atoms with Crippen molar-refractivity contribution in [2.75, 3.05) is 26.2 Å². The van der Waals surface area contributed by atoms with Crippen LogP contribution in [0.2, 0.25) is 0 Å². The molecule has 2 heterocycles. The van der Waals surface area contributed by atoms with Crippen molar-refractivity contribution in [1.82, 2.24) is 10.2 Å². The highest BCUT2D eigenvalue weighted by molar-refractivity contribution is 7.12. The summed E-state index contributed by atoms with van der Waals surface area (Å²) in [4.78, 5) is 26.2. The highest BCUT2D eigenvalue weighted by Gasteiger charge is 2.23. The van der Waals surface area contributed by atoms with Gasteiger partial charge in [0.1, 0.15) is 0 Å². The average molecular weight is 309 g/mol. The number of nitrogens with one attached hydrogen (secondary N) is 1. The largest absolute Gasteiger partial charge is 0.369 e. The number of carbonyl (C=O) groups excluding carboxylic acids is 2. The smallest absolute Gasteiger partial charge is 0.261 e. The first-order chi connectivity index (χ1) is 10.1. The minimum Gasteiger partial charge on any atom is -0.369 e. The monoisotopic (exact) mass is 309 g/mol. The fourth-order valence-corrected chi connectivity index (χ4v) is 3.52. The molecule has 21 heavy (non-hydrogen) atoms. The Balaban J connectivity index is 1.67. The molecule has 3 N–H and O–H groups in total. The van der Waals surface area contributed by atoms with E-state index in [0.29, 0.717) is 6.54 Å². The summed E-state index contributed by atoms with van der Waals surface area (Å²) < 4.78 is 0. The Kier molecular flexibility index (Phi) is 5.76. The zero-order valence-corrected chi connectivity index (χ0v) is 13.2. The molecule has 0 aliphatic carbocycles. The van der Waals surface area contributed by atoms with Crippen molar-refractivity contribution in [2.24, 2.45) is 11.7 Å². The van der Waals surface area contributed by atoms with Crippen molar-refractivity contribution in [2.45, 2.75) is 26.2 Å². The third kappa shape index (κ3) is 4.54. The molecule has 1 aliphatic rings. The van der Waals surface area contributed by atoms with Crippen LogP contribution in [0.15, 0.2) is 11.4 Å². The predicted octanol–water partition coefficient (Wildman–Crippen LogP) is 1.37. The fourth-order valence-electron chi connectivity index (χ4n) is 2.68. The van der Waals surface area contributed by atoms with Gasteiger partial charge in [-0.1, -0.05) is 0 Å². The van der Waals surface area contributed by atoms with E-state index in [1.807, 2.05) is 18.4 Å². The molecule has 0 aromatic carbocycles. The van der Waals surface area contributed by atoms with Crippen LogP contribution in [-0.4, -0.2) is 42.9 Å². The molecule has 1 aromatic rings. The maximum Gasteiger partial charge on any atom is 0.261 e. The minimum atomic E-state index is -0.193. The molecule has 2 amide bonds. The van der Waals surface area contributed by atoms with Crippen LogP contribution in [0.1, 0.15) is 34.5 Å². The number of hydrogen-bond donors (Lipinski definition) is 2. The fraction of sp³-hybridized carbons (Fsp3) is 0.600. The number of hydrogen-bond acceptors (Lipinski definition) is 4. The molecule has 1 unspecified atom stereocenters. The van der Waals surface area contributed by atoms with Gasteiger partial charge in [0.05, 0.1) is 10.8 Å². The number of likely N-dealkylation sites (tertiary alicyclic amines) is 1. The molecule has 0 spiro atoms. The van der Waals surface area contributed by atoms with Gasteiger partial charge in [-0.15, -0.1) is 11.3 Å². The molecular formula is C15H23N3O2S. The Hall–Kier alpha value is -1.40. The lowest BCUT2D eigenvalue weighted by molar-refractivity contribution is -0.123. The summed E-state index contributed by atoms with van der Waals surface area (Å²) in [6.07, 6.45) is 2.82. The van der Waals surface area contributed by atoms with Crippen molar-refractivity contribution < 1.29 is 9.59 Å². The average Bonchev–Trinajstić information content (AvgIpc) is 2.90. The molecule has 116 valence electrons. The van der Waals surface area contributed by atoms with Crippen molar-refractivity contribution in [3.05, 3.63) is 21.9 Å². The van der Waals surface area contributed by atoms with Crippen molar-refractivity contribution in [1.29, 1.82) is 0 Å². The lowest BCUT2D eigenvalue weighted by atomic mass is 9.97. The number of nitrogens with two attached hydrogens (primary N) is 1. The summed E-state index contributed by atoms with van der Waals surface area (Å²) in [5.74, 6) is -0.195. The van der Waals surface area contributed by atoms with Crippen LogP contribution >= 0.6 is 11.3 Å². The summed E-state index contributed by atoms with van der Waals surface area (Å²) in [5, 5.41) is 4.89. The number of rotatable bonds is 6. The van der Waals surface area contributed by atoms with Crippen molar-refractivity contribution in [3.63, 3.8) is 0 Å². The first-order valence-electron chi connectivity index (χ1n) is 7.42. The van der Waals surface area contributed by atoms with Crippen LogP contribution in [0.3, 0.4) is 0 Å². The molecule has 6 heteroatoms. The molecule has 1 saturated heterocycles. The van der Waals surface area contributed by atoms with E-state index in [2.05, 4.69) is 10.2 Å². The Morgan fingerprint density at radius 1 is 1.52 bits per heavy atom. The Bertz CT molecular complexity index is 501. The molecule has 0 radical (unpaired) electrons. The number of thiophene rings is 1. The van der Waals surface area contributed by atoms with Gasteiger partial charge in [0.2, 0.25) is 5.91 Å². The van der Waals surface area contributed by atoms with Gasteiger partial charge in [-0.2, -0.15) is 0 Å². The zero-order chi connectivity index (χ0) is 15.2. The van der Waals surface area contributed by atoms with E-state index >= 15 is 0 Å².